The Hall–Kier alpha value is -1.84. The summed E-state index contributed by atoms with van der Waals surface area (Å²) in [5.74, 6) is -1.57. The highest BCUT2D eigenvalue weighted by molar-refractivity contribution is 5.85. The number of nitrogens with zero attached hydrogens (tertiary/aromatic N) is 2. The molecule has 0 unspecified atom stereocenters. The number of hydrogen-bond acceptors (Lipinski definition) is 4. The minimum atomic E-state index is -4.62. The van der Waals surface area contributed by atoms with Crippen molar-refractivity contribution in [3.05, 3.63) is 30.1 Å². The van der Waals surface area contributed by atoms with E-state index in [0.29, 0.717) is 26.2 Å². The maximum atomic E-state index is 13.1. The van der Waals surface area contributed by atoms with Gasteiger partial charge in [0.2, 0.25) is 11.7 Å². The molecule has 0 aliphatic rings. The second-order valence-electron chi connectivity index (χ2n) is 5.10. The molecule has 0 saturated carbocycles. The van der Waals surface area contributed by atoms with Crippen molar-refractivity contribution in [2.24, 2.45) is 0 Å². The normalized spacial score (nSPS) is 11.4. The number of aromatic nitrogens is 2. The maximum absolute atomic E-state index is 13.1. The summed E-state index contributed by atoms with van der Waals surface area (Å²) in [6.45, 7) is 1.57. The van der Waals surface area contributed by atoms with Crippen molar-refractivity contribution in [3.8, 4) is 0 Å². The fourth-order valence-electron chi connectivity index (χ4n) is 2.24. The lowest BCUT2D eigenvalue weighted by Gasteiger charge is -2.12. The van der Waals surface area contributed by atoms with Gasteiger partial charge in [0.1, 0.15) is 6.54 Å². The molecule has 0 bridgehead atoms. The zero-order valence-corrected chi connectivity index (χ0v) is 14.4. The highest BCUT2D eigenvalue weighted by Crippen LogP contribution is 2.31. The van der Waals surface area contributed by atoms with Crippen LogP contribution in [0.15, 0.2) is 24.3 Å². The second-order valence-corrected chi connectivity index (χ2v) is 5.10. The number of benzene rings is 1. The lowest BCUT2D eigenvalue weighted by molar-refractivity contribution is -0.147. The number of carbonyl (C=O) groups is 1. The Morgan fingerprint density at radius 1 is 1.24 bits per heavy atom. The molecular formula is C15H20ClF3N4O2. The van der Waals surface area contributed by atoms with Gasteiger partial charge < -0.3 is 19.9 Å². The summed E-state index contributed by atoms with van der Waals surface area (Å²) < 4.78 is 45.1. The molecular weight excluding hydrogens is 361 g/mol. The van der Waals surface area contributed by atoms with Crippen LogP contribution in [0.2, 0.25) is 0 Å². The molecule has 0 aliphatic heterocycles. The van der Waals surface area contributed by atoms with E-state index in [4.69, 9.17) is 4.74 Å². The van der Waals surface area contributed by atoms with Crippen LogP contribution in [0.1, 0.15) is 5.82 Å². The van der Waals surface area contributed by atoms with Crippen LogP contribution in [0.3, 0.4) is 0 Å². The van der Waals surface area contributed by atoms with Crippen molar-refractivity contribution in [2.45, 2.75) is 12.7 Å². The number of para-hydroxylation sites is 2. The molecule has 1 aromatic carbocycles. The van der Waals surface area contributed by atoms with Crippen LogP contribution in [0.4, 0.5) is 13.2 Å². The van der Waals surface area contributed by atoms with Crippen LogP contribution in [-0.2, 0) is 22.3 Å². The van der Waals surface area contributed by atoms with Gasteiger partial charge in [-0.05, 0) is 12.1 Å². The molecule has 2 rings (SSSR count). The summed E-state index contributed by atoms with van der Waals surface area (Å²) in [4.78, 5) is 15.5. The highest BCUT2D eigenvalue weighted by Gasteiger charge is 2.37. The number of ether oxygens (including phenoxy) is 1. The molecule has 25 heavy (non-hydrogen) atoms. The monoisotopic (exact) mass is 380 g/mol. The molecule has 6 nitrogen and oxygen atoms in total. The van der Waals surface area contributed by atoms with E-state index in [2.05, 4.69) is 15.6 Å². The van der Waals surface area contributed by atoms with Crippen molar-refractivity contribution >= 4 is 29.3 Å². The Kier molecular flexibility index (Phi) is 8.14. The third-order valence-electron chi connectivity index (χ3n) is 3.32. The van der Waals surface area contributed by atoms with Gasteiger partial charge in [0, 0.05) is 26.7 Å². The fourth-order valence-corrected chi connectivity index (χ4v) is 2.24. The molecule has 0 radical (unpaired) electrons. The van der Waals surface area contributed by atoms with Gasteiger partial charge in [-0.15, -0.1) is 12.4 Å². The van der Waals surface area contributed by atoms with Gasteiger partial charge in [0.15, 0.2) is 0 Å². The molecule has 0 spiro atoms. The molecule has 0 aliphatic carbocycles. The van der Waals surface area contributed by atoms with Gasteiger partial charge >= 0.3 is 6.18 Å². The average molecular weight is 381 g/mol. The molecule has 0 atom stereocenters. The Morgan fingerprint density at radius 3 is 2.64 bits per heavy atom. The molecule has 2 N–H and O–H groups in total. The van der Waals surface area contributed by atoms with Crippen LogP contribution in [0.5, 0.6) is 0 Å². The van der Waals surface area contributed by atoms with E-state index in [-0.39, 0.29) is 23.4 Å². The van der Waals surface area contributed by atoms with Crippen LogP contribution >= 0.6 is 12.4 Å². The summed E-state index contributed by atoms with van der Waals surface area (Å²) >= 11 is 0. The number of hydrogen-bond donors (Lipinski definition) is 2. The number of halogens is 4. The minimum Gasteiger partial charge on any atom is -0.383 e. The van der Waals surface area contributed by atoms with Crippen LogP contribution in [0.25, 0.3) is 11.0 Å². The summed E-state index contributed by atoms with van der Waals surface area (Å²) in [7, 11) is 1.58. The fraction of sp³-hybridized carbons (Fsp3) is 0.467. The van der Waals surface area contributed by atoms with E-state index in [1.807, 2.05) is 0 Å². The topological polar surface area (TPSA) is 68.2 Å². The van der Waals surface area contributed by atoms with Gasteiger partial charge in [-0.3, -0.25) is 4.79 Å². The zero-order valence-electron chi connectivity index (χ0n) is 13.6. The smallest absolute Gasteiger partial charge is 0.383 e. The van der Waals surface area contributed by atoms with Crippen molar-refractivity contribution in [2.75, 3.05) is 33.4 Å². The Labute approximate surface area is 149 Å². The lowest BCUT2D eigenvalue weighted by atomic mass is 10.3. The minimum absolute atomic E-state index is 0. The largest absolute Gasteiger partial charge is 0.449 e. The molecule has 0 saturated heterocycles. The maximum Gasteiger partial charge on any atom is 0.449 e. The number of nitrogens with one attached hydrogen (secondary N) is 2. The molecule has 10 heteroatoms. The predicted molar refractivity (Wildman–Crippen MR) is 89.7 cm³/mol. The van der Waals surface area contributed by atoms with Gasteiger partial charge in [0.25, 0.3) is 0 Å². The SMILES string of the molecule is COCCNCCNC(=O)Cn1c(C(F)(F)F)nc2ccccc21.Cl. The number of fused-ring (bicyclic) bond motifs is 1. The number of alkyl halides is 3. The highest BCUT2D eigenvalue weighted by atomic mass is 35.5. The average Bonchev–Trinajstić information content (AvgIpc) is 2.90. The van der Waals surface area contributed by atoms with Crippen molar-refractivity contribution < 1.29 is 22.7 Å². The number of carbonyl (C=O) groups excluding carboxylic acids is 1. The van der Waals surface area contributed by atoms with Crippen molar-refractivity contribution in [1.29, 1.82) is 0 Å². The second kappa shape index (κ2) is 9.59. The first kappa shape index (κ1) is 21.2. The number of methoxy groups -OCH3 is 1. The molecule has 1 aromatic heterocycles. The first-order valence-corrected chi connectivity index (χ1v) is 7.42. The Morgan fingerprint density at radius 2 is 1.96 bits per heavy atom. The zero-order chi connectivity index (χ0) is 17.6. The third kappa shape index (κ3) is 5.87. The Bertz CT molecular complexity index is 691. The summed E-state index contributed by atoms with van der Waals surface area (Å²) in [6.07, 6.45) is -4.62. The van der Waals surface area contributed by atoms with Gasteiger partial charge in [-0.25, -0.2) is 4.98 Å². The molecule has 1 amide bonds. The first-order valence-electron chi connectivity index (χ1n) is 7.42. The van der Waals surface area contributed by atoms with E-state index >= 15 is 0 Å². The standard InChI is InChI=1S/C15H19F3N4O2.ClH/c1-24-9-8-19-6-7-20-13(23)10-22-12-5-3-2-4-11(12)21-14(22)15(16,17)18;/h2-5,19H,6-10H2,1H3,(H,20,23);1H. The van der Waals surface area contributed by atoms with E-state index in [0.717, 1.165) is 4.57 Å². The van der Waals surface area contributed by atoms with Gasteiger partial charge in [-0.2, -0.15) is 13.2 Å². The van der Waals surface area contributed by atoms with Gasteiger partial charge in [0.05, 0.1) is 17.6 Å². The van der Waals surface area contributed by atoms with E-state index in [9.17, 15) is 18.0 Å². The number of amides is 1. The molecule has 140 valence electrons. The van der Waals surface area contributed by atoms with Crippen LogP contribution < -0.4 is 10.6 Å². The van der Waals surface area contributed by atoms with E-state index < -0.39 is 24.5 Å². The quantitative estimate of drug-likeness (QED) is 0.686. The third-order valence-corrected chi connectivity index (χ3v) is 3.32. The lowest BCUT2D eigenvalue weighted by Crippen LogP contribution is -2.35. The van der Waals surface area contributed by atoms with E-state index in [1.54, 1.807) is 19.2 Å². The van der Waals surface area contributed by atoms with Crippen molar-refractivity contribution in [1.82, 2.24) is 20.2 Å². The molecule has 0 fully saturated rings. The van der Waals surface area contributed by atoms with Crippen LogP contribution in [-0.4, -0.2) is 48.8 Å². The summed E-state index contributed by atoms with van der Waals surface area (Å²) in [6, 6.07) is 6.21. The van der Waals surface area contributed by atoms with Crippen molar-refractivity contribution in [3.63, 3.8) is 0 Å². The molecule has 1 heterocycles. The number of rotatable bonds is 8. The first-order chi connectivity index (χ1) is 11.4. The summed E-state index contributed by atoms with van der Waals surface area (Å²) in [5, 5.41) is 5.61. The predicted octanol–water partition coefficient (Wildman–Crippen LogP) is 1.83. The summed E-state index contributed by atoms with van der Waals surface area (Å²) in [5.41, 5.74) is 0.483. The van der Waals surface area contributed by atoms with E-state index in [1.165, 1.54) is 12.1 Å². The number of imidazole rings is 1. The van der Waals surface area contributed by atoms with Crippen LogP contribution in [0, 0.1) is 0 Å². The molecule has 2 aromatic rings. The van der Waals surface area contributed by atoms with Gasteiger partial charge in [-0.1, -0.05) is 12.1 Å². The Balaban J connectivity index is 0.00000312.